The van der Waals surface area contributed by atoms with Crippen molar-refractivity contribution in [1.29, 1.82) is 0 Å². The van der Waals surface area contributed by atoms with Crippen molar-refractivity contribution in [3.63, 3.8) is 0 Å². The molecular weight excluding hydrogens is 348 g/mol. The summed E-state index contributed by atoms with van der Waals surface area (Å²) in [6, 6.07) is 0. The smallest absolute Gasteiger partial charge is 0.243 e. The van der Waals surface area contributed by atoms with E-state index in [1.165, 1.54) is 70.8 Å². The molecule has 0 radical (unpaired) electrons. The highest BCUT2D eigenvalue weighted by molar-refractivity contribution is 5.67. The Labute approximate surface area is 174 Å². The lowest BCUT2D eigenvalue weighted by atomic mass is 10.00. The molecule has 0 aliphatic rings. The third-order valence-electron chi connectivity index (χ3n) is 5.33. The van der Waals surface area contributed by atoms with Crippen molar-refractivity contribution >= 4 is 5.97 Å². The Morgan fingerprint density at radius 1 is 0.893 bits per heavy atom. The zero-order chi connectivity index (χ0) is 21.0. The van der Waals surface area contributed by atoms with E-state index >= 15 is 0 Å². The molecule has 28 heavy (non-hydrogen) atoms. The number of nitrogens with zero attached hydrogens (tertiary/aromatic N) is 2. The Kier molecular flexibility index (Phi) is 18.1. The molecular formula is C24H46N2O2. The van der Waals surface area contributed by atoms with Crippen molar-refractivity contribution in [3.05, 3.63) is 18.7 Å². The average molecular weight is 395 g/mol. The molecule has 0 aliphatic carbocycles. The third-order valence-corrected chi connectivity index (χ3v) is 5.33. The van der Waals surface area contributed by atoms with Gasteiger partial charge in [0.2, 0.25) is 6.33 Å². The van der Waals surface area contributed by atoms with Crippen LogP contribution in [0.2, 0.25) is 0 Å². The van der Waals surface area contributed by atoms with Gasteiger partial charge in [-0.25, -0.2) is 9.13 Å². The number of carbonyl (C=O) groups is 1. The lowest BCUT2D eigenvalue weighted by molar-refractivity contribution is -0.671. The lowest BCUT2D eigenvalue weighted by Crippen LogP contribution is -2.30. The van der Waals surface area contributed by atoms with Gasteiger partial charge < -0.3 is 9.90 Å². The zero-order valence-electron chi connectivity index (χ0n) is 19.1. The fourth-order valence-electron chi connectivity index (χ4n) is 3.35. The molecule has 0 spiro atoms. The molecule has 0 N–H and O–H groups in total. The van der Waals surface area contributed by atoms with Gasteiger partial charge in [0.05, 0.1) is 13.6 Å². The lowest BCUT2D eigenvalue weighted by Gasteiger charge is -2.14. The van der Waals surface area contributed by atoms with Crippen LogP contribution in [0.1, 0.15) is 111 Å². The first-order valence-corrected chi connectivity index (χ1v) is 11.8. The van der Waals surface area contributed by atoms with Crippen LogP contribution in [-0.4, -0.2) is 10.5 Å². The summed E-state index contributed by atoms with van der Waals surface area (Å²) in [7, 11) is 2.08. The van der Waals surface area contributed by atoms with Crippen LogP contribution >= 0.6 is 0 Å². The van der Waals surface area contributed by atoms with Crippen LogP contribution in [0.5, 0.6) is 0 Å². The zero-order valence-corrected chi connectivity index (χ0v) is 19.1. The SMILES string of the molecule is CCCCC(CC)C(=O)[O-].CCCCCCCCCCCCn1cc[n+](C)c1. The second-order valence-electron chi connectivity index (χ2n) is 8.07. The van der Waals surface area contributed by atoms with Crippen molar-refractivity contribution in [3.8, 4) is 0 Å². The summed E-state index contributed by atoms with van der Waals surface area (Å²) in [6.07, 6.45) is 24.1. The fraction of sp³-hybridized carbons (Fsp3) is 0.833. The van der Waals surface area contributed by atoms with Gasteiger partial charge >= 0.3 is 0 Å². The molecule has 1 atom stereocenters. The Morgan fingerprint density at radius 3 is 1.86 bits per heavy atom. The van der Waals surface area contributed by atoms with E-state index in [-0.39, 0.29) is 5.92 Å². The summed E-state index contributed by atoms with van der Waals surface area (Å²) in [6.45, 7) is 7.40. The molecule has 164 valence electrons. The standard InChI is InChI=1S/C16H31N2.C8H16O2/c1-3-4-5-6-7-8-9-10-11-12-13-18-15-14-17(2)16-18;1-3-5-6-7(4-2)8(9)10/h14-16H,3-13H2,1-2H3;7H,3-6H2,1-2H3,(H,9,10)/q+1;/p-1. The van der Waals surface area contributed by atoms with E-state index in [1.54, 1.807) is 0 Å². The average Bonchev–Trinajstić information content (AvgIpc) is 3.09. The van der Waals surface area contributed by atoms with Gasteiger partial charge in [-0.3, -0.25) is 0 Å². The molecule has 1 aromatic rings. The summed E-state index contributed by atoms with van der Waals surface area (Å²) >= 11 is 0. The van der Waals surface area contributed by atoms with Crippen LogP contribution < -0.4 is 9.67 Å². The largest absolute Gasteiger partial charge is 0.550 e. The molecule has 0 aliphatic heterocycles. The van der Waals surface area contributed by atoms with Crippen LogP contribution in [0, 0.1) is 5.92 Å². The number of aromatic nitrogens is 2. The van der Waals surface area contributed by atoms with Gasteiger partial charge in [0, 0.05) is 5.97 Å². The van der Waals surface area contributed by atoms with Gasteiger partial charge in [-0.15, -0.1) is 0 Å². The minimum atomic E-state index is -0.893. The Hall–Kier alpha value is -1.32. The van der Waals surface area contributed by atoms with Gasteiger partial charge in [-0.05, 0) is 31.6 Å². The van der Waals surface area contributed by atoms with Crippen molar-refractivity contribution in [2.45, 2.75) is 117 Å². The fourth-order valence-corrected chi connectivity index (χ4v) is 3.35. The van der Waals surface area contributed by atoms with E-state index in [4.69, 9.17) is 0 Å². The van der Waals surface area contributed by atoms with Crippen LogP contribution in [0.4, 0.5) is 0 Å². The number of aryl methyl sites for hydroxylation is 2. The molecule has 1 aromatic heterocycles. The van der Waals surface area contributed by atoms with Crippen molar-refractivity contribution in [2.24, 2.45) is 13.0 Å². The number of carboxylic acids is 1. The number of hydrogen-bond donors (Lipinski definition) is 0. The molecule has 4 nitrogen and oxygen atoms in total. The summed E-state index contributed by atoms with van der Waals surface area (Å²) in [4.78, 5) is 10.3. The molecule has 1 heterocycles. The summed E-state index contributed by atoms with van der Waals surface area (Å²) in [5.41, 5.74) is 0. The maximum Gasteiger partial charge on any atom is 0.243 e. The number of unbranched alkanes of at least 4 members (excludes halogenated alkanes) is 10. The molecule has 4 heteroatoms. The van der Waals surface area contributed by atoms with Crippen LogP contribution in [0.3, 0.4) is 0 Å². The van der Waals surface area contributed by atoms with E-state index in [1.807, 2.05) is 6.92 Å². The summed E-state index contributed by atoms with van der Waals surface area (Å²) < 4.78 is 4.39. The minimum absolute atomic E-state index is 0.222. The van der Waals surface area contributed by atoms with Gasteiger partial charge in [0.15, 0.2) is 0 Å². The van der Waals surface area contributed by atoms with Crippen LogP contribution in [-0.2, 0) is 18.4 Å². The second kappa shape index (κ2) is 19.0. The number of carboxylic acid groups (broad SMARTS) is 1. The number of hydrogen-bond acceptors (Lipinski definition) is 2. The molecule has 1 rings (SSSR count). The predicted octanol–water partition coefficient (Wildman–Crippen LogP) is 5.19. The minimum Gasteiger partial charge on any atom is -0.550 e. The van der Waals surface area contributed by atoms with E-state index in [9.17, 15) is 9.90 Å². The van der Waals surface area contributed by atoms with E-state index in [0.717, 1.165) is 19.3 Å². The van der Waals surface area contributed by atoms with Crippen molar-refractivity contribution < 1.29 is 14.5 Å². The Bertz CT molecular complexity index is 471. The second-order valence-corrected chi connectivity index (χ2v) is 8.07. The summed E-state index contributed by atoms with van der Waals surface area (Å²) in [5, 5.41) is 10.3. The van der Waals surface area contributed by atoms with E-state index in [0.29, 0.717) is 6.42 Å². The number of rotatable bonds is 16. The Balaban J connectivity index is 0.000000621. The highest BCUT2D eigenvalue weighted by atomic mass is 16.4. The predicted molar refractivity (Wildman–Crippen MR) is 116 cm³/mol. The highest BCUT2D eigenvalue weighted by Crippen LogP contribution is 2.11. The quantitative estimate of drug-likeness (QED) is 0.286. The summed E-state index contributed by atoms with van der Waals surface area (Å²) in [5.74, 6) is -1.11. The topological polar surface area (TPSA) is 48.9 Å². The number of imidazole rings is 1. The molecule has 0 bridgehead atoms. The molecule has 0 fully saturated rings. The first-order chi connectivity index (χ1) is 13.5. The third kappa shape index (κ3) is 15.7. The molecule has 0 amide bonds. The van der Waals surface area contributed by atoms with Gasteiger partial charge in [-0.1, -0.05) is 85.0 Å². The van der Waals surface area contributed by atoms with Gasteiger partial charge in [0.1, 0.15) is 12.4 Å². The maximum absolute atomic E-state index is 10.3. The maximum atomic E-state index is 10.3. The normalized spacial score (nSPS) is 11.7. The van der Waals surface area contributed by atoms with E-state index < -0.39 is 5.97 Å². The first-order valence-electron chi connectivity index (χ1n) is 11.8. The monoisotopic (exact) mass is 394 g/mol. The Morgan fingerprint density at radius 2 is 1.43 bits per heavy atom. The number of aliphatic carboxylic acids is 1. The molecule has 0 aromatic carbocycles. The highest BCUT2D eigenvalue weighted by Gasteiger charge is 2.04. The number of carbonyl (C=O) groups excluding carboxylic acids is 1. The first kappa shape index (κ1) is 26.7. The molecule has 0 saturated heterocycles. The van der Waals surface area contributed by atoms with Crippen molar-refractivity contribution in [1.82, 2.24) is 4.57 Å². The van der Waals surface area contributed by atoms with Crippen molar-refractivity contribution in [2.75, 3.05) is 0 Å². The van der Waals surface area contributed by atoms with Gasteiger partial charge in [0.25, 0.3) is 0 Å². The molecule has 1 unspecified atom stereocenters. The van der Waals surface area contributed by atoms with Crippen LogP contribution in [0.15, 0.2) is 18.7 Å². The van der Waals surface area contributed by atoms with E-state index in [2.05, 4.69) is 48.8 Å². The molecule has 0 saturated carbocycles. The van der Waals surface area contributed by atoms with Crippen LogP contribution in [0.25, 0.3) is 0 Å². The van der Waals surface area contributed by atoms with Gasteiger partial charge in [-0.2, -0.15) is 0 Å².